The first-order valence-corrected chi connectivity index (χ1v) is 7.80. The van der Waals surface area contributed by atoms with Crippen molar-refractivity contribution in [3.05, 3.63) is 30.5 Å². The Bertz CT molecular complexity index is 634. The highest BCUT2D eigenvalue weighted by Gasteiger charge is 2.13. The number of aliphatic hydroxyl groups excluding tert-OH is 1. The van der Waals surface area contributed by atoms with Gasteiger partial charge in [-0.1, -0.05) is 19.9 Å². The molecule has 1 heterocycles. The van der Waals surface area contributed by atoms with Crippen molar-refractivity contribution in [2.75, 3.05) is 11.9 Å². The predicted molar refractivity (Wildman–Crippen MR) is 90.1 cm³/mol. The van der Waals surface area contributed by atoms with Crippen LogP contribution in [0.25, 0.3) is 10.9 Å². The third-order valence-corrected chi connectivity index (χ3v) is 3.68. The molecule has 1 unspecified atom stereocenters. The Morgan fingerprint density at radius 1 is 1.32 bits per heavy atom. The minimum atomic E-state index is -0.284. The zero-order chi connectivity index (χ0) is 16.1. The van der Waals surface area contributed by atoms with Crippen molar-refractivity contribution >= 4 is 22.6 Å². The Morgan fingerprint density at radius 2 is 2.09 bits per heavy atom. The van der Waals surface area contributed by atoms with Crippen LogP contribution in [0.15, 0.2) is 30.5 Å². The van der Waals surface area contributed by atoms with Crippen LogP contribution < -0.4 is 10.6 Å². The van der Waals surface area contributed by atoms with Crippen LogP contribution >= 0.6 is 0 Å². The maximum Gasteiger partial charge on any atom is 0.319 e. The number of amides is 2. The molecule has 120 valence electrons. The fourth-order valence-corrected chi connectivity index (χ4v) is 2.64. The third kappa shape index (κ3) is 4.01. The number of carbonyl (C=O) groups is 1. The second kappa shape index (κ2) is 7.31. The van der Waals surface area contributed by atoms with E-state index in [4.69, 9.17) is 0 Å². The molecule has 0 radical (unpaired) electrons. The van der Waals surface area contributed by atoms with Crippen LogP contribution in [0.1, 0.15) is 27.2 Å². The lowest BCUT2D eigenvalue weighted by Gasteiger charge is -2.18. The van der Waals surface area contributed by atoms with E-state index in [1.165, 1.54) is 0 Å². The van der Waals surface area contributed by atoms with Gasteiger partial charge in [-0.15, -0.1) is 0 Å². The maximum atomic E-state index is 12.1. The van der Waals surface area contributed by atoms with Gasteiger partial charge in [0.1, 0.15) is 0 Å². The second-order valence-corrected chi connectivity index (χ2v) is 5.98. The summed E-state index contributed by atoms with van der Waals surface area (Å²) in [4.78, 5) is 12.1. The minimum Gasteiger partial charge on any atom is -0.394 e. The molecule has 0 bridgehead atoms. The van der Waals surface area contributed by atoms with E-state index in [9.17, 15) is 9.90 Å². The number of hydrogen-bond acceptors (Lipinski definition) is 2. The fraction of sp³-hybridized carbons (Fsp3) is 0.471. The molecule has 0 aliphatic carbocycles. The van der Waals surface area contributed by atoms with E-state index in [1.54, 1.807) is 0 Å². The first kappa shape index (κ1) is 16.4. The molecule has 3 N–H and O–H groups in total. The van der Waals surface area contributed by atoms with Gasteiger partial charge in [-0.2, -0.15) is 0 Å². The van der Waals surface area contributed by atoms with Gasteiger partial charge in [0.25, 0.3) is 0 Å². The highest BCUT2D eigenvalue weighted by Crippen LogP contribution is 2.20. The Labute approximate surface area is 131 Å². The van der Waals surface area contributed by atoms with Gasteiger partial charge in [0.2, 0.25) is 0 Å². The second-order valence-electron chi connectivity index (χ2n) is 5.98. The van der Waals surface area contributed by atoms with Gasteiger partial charge in [0, 0.05) is 18.4 Å². The fourth-order valence-electron chi connectivity index (χ4n) is 2.64. The minimum absolute atomic E-state index is 0.0523. The molecule has 5 heteroatoms. The molecule has 22 heavy (non-hydrogen) atoms. The zero-order valence-electron chi connectivity index (χ0n) is 13.5. The summed E-state index contributed by atoms with van der Waals surface area (Å²) in [5.74, 6) is 0.418. The largest absolute Gasteiger partial charge is 0.394 e. The van der Waals surface area contributed by atoms with E-state index in [0.29, 0.717) is 5.92 Å². The number of carbonyl (C=O) groups excluding carboxylic acids is 1. The number of fused-ring (bicyclic) bond motifs is 1. The summed E-state index contributed by atoms with van der Waals surface area (Å²) < 4.78 is 2.13. The number of anilines is 1. The van der Waals surface area contributed by atoms with Crippen LogP contribution in [0.2, 0.25) is 0 Å². The van der Waals surface area contributed by atoms with Gasteiger partial charge in [-0.25, -0.2) is 4.79 Å². The van der Waals surface area contributed by atoms with Crippen LogP contribution in [0.4, 0.5) is 10.5 Å². The number of rotatable bonds is 6. The van der Waals surface area contributed by atoms with Crippen molar-refractivity contribution in [2.24, 2.45) is 5.92 Å². The van der Waals surface area contributed by atoms with Crippen molar-refractivity contribution < 1.29 is 9.90 Å². The predicted octanol–water partition coefficient (Wildman–Crippen LogP) is 3.19. The number of hydrogen-bond donors (Lipinski definition) is 3. The number of urea groups is 1. The highest BCUT2D eigenvalue weighted by atomic mass is 16.3. The van der Waals surface area contributed by atoms with E-state index in [-0.39, 0.29) is 18.7 Å². The molecule has 0 saturated heterocycles. The summed E-state index contributed by atoms with van der Waals surface area (Å²) in [5.41, 5.74) is 1.85. The van der Waals surface area contributed by atoms with Crippen molar-refractivity contribution in [3.63, 3.8) is 0 Å². The van der Waals surface area contributed by atoms with Gasteiger partial charge in [-0.05, 0) is 42.8 Å². The Hall–Kier alpha value is -2.01. The molecule has 0 aliphatic rings. The molecule has 2 rings (SSSR count). The standard InChI is InChI=1S/C17H25N3O2/c1-4-20-8-7-13-5-6-14(10-16(13)20)18-17(22)19-15(11-21)9-12(2)3/h5-8,10,12,15,21H,4,9,11H2,1-3H3,(H2,18,19,22). The molecule has 1 atom stereocenters. The molecule has 2 aromatic rings. The SMILES string of the molecule is CCn1ccc2ccc(NC(=O)NC(CO)CC(C)C)cc21. The summed E-state index contributed by atoms with van der Waals surface area (Å²) in [6.07, 6.45) is 2.79. The lowest BCUT2D eigenvalue weighted by atomic mass is 10.0. The van der Waals surface area contributed by atoms with Crippen molar-refractivity contribution in [3.8, 4) is 0 Å². The Kier molecular flexibility index (Phi) is 5.44. The topological polar surface area (TPSA) is 66.3 Å². The van der Waals surface area contributed by atoms with Crippen LogP contribution in [-0.4, -0.2) is 28.4 Å². The average molecular weight is 303 g/mol. The van der Waals surface area contributed by atoms with Crippen molar-refractivity contribution in [2.45, 2.75) is 39.8 Å². The average Bonchev–Trinajstić information content (AvgIpc) is 2.88. The highest BCUT2D eigenvalue weighted by molar-refractivity contribution is 5.93. The monoisotopic (exact) mass is 303 g/mol. The van der Waals surface area contributed by atoms with Crippen molar-refractivity contribution in [1.82, 2.24) is 9.88 Å². The van der Waals surface area contributed by atoms with Gasteiger partial charge in [-0.3, -0.25) is 0 Å². The summed E-state index contributed by atoms with van der Waals surface area (Å²) >= 11 is 0. The van der Waals surface area contributed by atoms with Gasteiger partial charge in [0.05, 0.1) is 18.2 Å². The number of nitrogens with zero attached hydrogens (tertiary/aromatic N) is 1. The molecule has 0 aliphatic heterocycles. The van der Waals surface area contributed by atoms with Crippen LogP contribution in [0.3, 0.4) is 0 Å². The van der Waals surface area contributed by atoms with Crippen molar-refractivity contribution in [1.29, 1.82) is 0 Å². The van der Waals surface area contributed by atoms with E-state index >= 15 is 0 Å². The molecule has 1 aromatic carbocycles. The number of nitrogens with one attached hydrogen (secondary N) is 2. The van der Waals surface area contributed by atoms with E-state index in [2.05, 4.69) is 42.0 Å². The lowest BCUT2D eigenvalue weighted by molar-refractivity contribution is 0.214. The maximum absolute atomic E-state index is 12.1. The summed E-state index contributed by atoms with van der Waals surface area (Å²) in [7, 11) is 0. The zero-order valence-corrected chi connectivity index (χ0v) is 13.5. The first-order valence-electron chi connectivity index (χ1n) is 7.80. The molecule has 5 nitrogen and oxygen atoms in total. The molecule has 2 amide bonds. The van der Waals surface area contributed by atoms with E-state index < -0.39 is 0 Å². The molecule has 1 aromatic heterocycles. The van der Waals surface area contributed by atoms with Gasteiger partial charge >= 0.3 is 6.03 Å². The summed E-state index contributed by atoms with van der Waals surface area (Å²) in [6, 6.07) is 7.41. The van der Waals surface area contributed by atoms with Gasteiger partial charge in [0.15, 0.2) is 0 Å². The van der Waals surface area contributed by atoms with Crippen LogP contribution in [0, 0.1) is 5.92 Å². The lowest BCUT2D eigenvalue weighted by Crippen LogP contribution is -2.40. The molecular weight excluding hydrogens is 278 g/mol. The molecule has 0 saturated carbocycles. The molecule has 0 fully saturated rings. The summed E-state index contributed by atoms with van der Waals surface area (Å²) in [6.45, 7) is 7.05. The van der Waals surface area contributed by atoms with Crippen LogP contribution in [-0.2, 0) is 6.54 Å². The summed E-state index contributed by atoms with van der Waals surface area (Å²) in [5, 5.41) is 16.1. The quantitative estimate of drug-likeness (QED) is 0.767. The number of benzene rings is 1. The Morgan fingerprint density at radius 3 is 2.73 bits per heavy atom. The molecular formula is C17H25N3O2. The number of aliphatic hydroxyl groups is 1. The number of aromatic nitrogens is 1. The van der Waals surface area contributed by atoms with Gasteiger partial charge < -0.3 is 20.3 Å². The smallest absolute Gasteiger partial charge is 0.319 e. The first-order chi connectivity index (χ1) is 10.5. The third-order valence-electron chi connectivity index (χ3n) is 3.68. The van der Waals surface area contributed by atoms with Crippen LogP contribution in [0.5, 0.6) is 0 Å². The number of aryl methyl sites for hydroxylation is 1. The van der Waals surface area contributed by atoms with E-state index in [1.807, 2.05) is 24.4 Å². The van der Waals surface area contributed by atoms with E-state index in [0.717, 1.165) is 29.6 Å². The Balaban J connectivity index is 2.04. The normalized spacial score (nSPS) is 12.6. The molecule has 0 spiro atoms.